The van der Waals surface area contributed by atoms with E-state index in [1.807, 2.05) is 54.7 Å². The van der Waals surface area contributed by atoms with Crippen molar-refractivity contribution in [2.45, 2.75) is 25.8 Å². The smallest absolute Gasteiger partial charge is 0.255 e. The topological polar surface area (TPSA) is 64.7 Å². The van der Waals surface area contributed by atoms with Gasteiger partial charge < -0.3 is 9.88 Å². The summed E-state index contributed by atoms with van der Waals surface area (Å²) in [4.78, 5) is 17.8. The van der Waals surface area contributed by atoms with Gasteiger partial charge in [0.05, 0.1) is 17.1 Å². The Bertz CT molecular complexity index is 1140. The van der Waals surface area contributed by atoms with Crippen molar-refractivity contribution in [3.8, 4) is 16.9 Å². The van der Waals surface area contributed by atoms with Crippen LogP contribution < -0.4 is 5.32 Å². The number of aromatic nitrogens is 4. The molecule has 1 N–H and O–H groups in total. The molecule has 0 aliphatic carbocycles. The van der Waals surface area contributed by atoms with Crippen LogP contribution in [0.1, 0.15) is 29.0 Å². The number of nitrogens with zero attached hydrogens (tertiary/aromatic N) is 4. The summed E-state index contributed by atoms with van der Waals surface area (Å²) in [6.45, 7) is 1.01. The minimum atomic E-state index is -0.157. The number of anilines is 1. The van der Waals surface area contributed by atoms with E-state index in [1.165, 1.54) is 12.8 Å². The van der Waals surface area contributed by atoms with Crippen LogP contribution in [0.4, 0.5) is 5.69 Å². The second-order valence-corrected chi connectivity index (χ2v) is 7.19. The number of hydrogen-bond donors (Lipinski definition) is 1. The Morgan fingerprint density at radius 1 is 1.03 bits per heavy atom. The quantitative estimate of drug-likeness (QED) is 0.571. The molecule has 5 rings (SSSR count). The summed E-state index contributed by atoms with van der Waals surface area (Å²) in [5, 5.41) is 7.29. The van der Waals surface area contributed by atoms with E-state index in [-0.39, 0.29) is 5.91 Å². The second-order valence-electron chi connectivity index (χ2n) is 7.19. The lowest BCUT2D eigenvalue weighted by Crippen LogP contribution is -2.13. The molecule has 0 bridgehead atoms. The number of imidazole rings is 1. The Balaban J connectivity index is 1.43. The molecular formula is C23H21N5O. The molecule has 4 aromatic rings. The summed E-state index contributed by atoms with van der Waals surface area (Å²) in [6.07, 6.45) is 9.04. The maximum atomic E-state index is 12.9. The number of amides is 1. The van der Waals surface area contributed by atoms with Crippen molar-refractivity contribution in [3.63, 3.8) is 0 Å². The highest BCUT2D eigenvalue weighted by Gasteiger charge is 2.16. The monoisotopic (exact) mass is 383 g/mol. The maximum Gasteiger partial charge on any atom is 0.255 e. The van der Waals surface area contributed by atoms with Gasteiger partial charge in [-0.15, -0.1) is 0 Å². The van der Waals surface area contributed by atoms with Crippen molar-refractivity contribution in [3.05, 3.63) is 84.6 Å². The zero-order chi connectivity index (χ0) is 19.6. The number of carbonyl (C=O) groups excluding carboxylic acids is 1. The number of fused-ring (bicyclic) bond motifs is 1. The number of nitrogens with one attached hydrogen (secondary N) is 1. The predicted octanol–water partition coefficient (Wildman–Crippen LogP) is 4.32. The number of para-hydroxylation sites is 1. The molecule has 0 fully saturated rings. The first kappa shape index (κ1) is 17.4. The average Bonchev–Trinajstić information content (AvgIpc) is 3.44. The van der Waals surface area contributed by atoms with Gasteiger partial charge in [-0.05, 0) is 43.2 Å². The van der Waals surface area contributed by atoms with Gasteiger partial charge in [-0.3, -0.25) is 4.79 Å². The molecule has 6 nitrogen and oxygen atoms in total. The van der Waals surface area contributed by atoms with Crippen molar-refractivity contribution < 1.29 is 4.79 Å². The molecule has 2 aromatic carbocycles. The average molecular weight is 383 g/mol. The highest BCUT2D eigenvalue weighted by atomic mass is 16.1. The lowest BCUT2D eigenvalue weighted by atomic mass is 10.1. The number of hydrogen-bond acceptors (Lipinski definition) is 3. The van der Waals surface area contributed by atoms with Crippen molar-refractivity contribution in [2.24, 2.45) is 0 Å². The second kappa shape index (κ2) is 7.39. The third kappa shape index (κ3) is 3.45. The predicted molar refractivity (Wildman–Crippen MR) is 112 cm³/mol. The first-order chi connectivity index (χ1) is 14.3. The Kier molecular flexibility index (Phi) is 4.44. The van der Waals surface area contributed by atoms with Gasteiger partial charge in [0, 0.05) is 42.7 Å². The molecule has 2 aromatic heterocycles. The van der Waals surface area contributed by atoms with Crippen molar-refractivity contribution in [2.75, 3.05) is 5.32 Å². The van der Waals surface area contributed by atoms with Crippen LogP contribution in [0.25, 0.3) is 16.9 Å². The third-order valence-corrected chi connectivity index (χ3v) is 5.24. The van der Waals surface area contributed by atoms with Gasteiger partial charge in [-0.25, -0.2) is 9.67 Å². The molecule has 6 heteroatoms. The number of carbonyl (C=O) groups is 1. The molecule has 0 spiro atoms. The van der Waals surface area contributed by atoms with Crippen LogP contribution in [0.2, 0.25) is 0 Å². The normalized spacial score (nSPS) is 13.1. The molecule has 0 radical (unpaired) electrons. The SMILES string of the molecule is O=C(Nc1ccccc1-c1cn2c(n1)CCCC2)c1cccc(-n2cccn2)c1. The molecule has 1 amide bonds. The summed E-state index contributed by atoms with van der Waals surface area (Å²) in [5.74, 6) is 0.967. The van der Waals surface area contributed by atoms with Crippen LogP contribution in [0.15, 0.2) is 73.2 Å². The van der Waals surface area contributed by atoms with Gasteiger partial charge in [0.2, 0.25) is 0 Å². The zero-order valence-corrected chi connectivity index (χ0v) is 16.0. The van der Waals surface area contributed by atoms with E-state index >= 15 is 0 Å². The van der Waals surface area contributed by atoms with Gasteiger partial charge in [0.1, 0.15) is 5.82 Å². The van der Waals surface area contributed by atoms with E-state index in [1.54, 1.807) is 16.9 Å². The van der Waals surface area contributed by atoms with Gasteiger partial charge in [-0.2, -0.15) is 5.10 Å². The minimum absolute atomic E-state index is 0.157. The lowest BCUT2D eigenvalue weighted by Gasteiger charge is -2.11. The summed E-state index contributed by atoms with van der Waals surface area (Å²) < 4.78 is 3.96. The molecule has 0 atom stereocenters. The Hall–Kier alpha value is -3.67. The lowest BCUT2D eigenvalue weighted by molar-refractivity contribution is 0.102. The molecular weight excluding hydrogens is 362 g/mol. The van der Waals surface area contributed by atoms with E-state index in [0.29, 0.717) is 5.56 Å². The number of benzene rings is 2. The van der Waals surface area contributed by atoms with E-state index in [9.17, 15) is 4.79 Å². The van der Waals surface area contributed by atoms with Crippen LogP contribution in [0.3, 0.4) is 0 Å². The Morgan fingerprint density at radius 2 is 1.97 bits per heavy atom. The summed E-state index contributed by atoms with van der Waals surface area (Å²) in [6, 6.07) is 17.1. The van der Waals surface area contributed by atoms with Crippen LogP contribution >= 0.6 is 0 Å². The van der Waals surface area contributed by atoms with E-state index < -0.39 is 0 Å². The minimum Gasteiger partial charge on any atom is -0.334 e. The maximum absolute atomic E-state index is 12.9. The Morgan fingerprint density at radius 3 is 2.83 bits per heavy atom. The molecule has 0 unspecified atom stereocenters. The largest absolute Gasteiger partial charge is 0.334 e. The number of aryl methyl sites for hydroxylation is 2. The van der Waals surface area contributed by atoms with Gasteiger partial charge in [0.15, 0.2) is 0 Å². The molecule has 1 aliphatic heterocycles. The molecule has 0 saturated heterocycles. The molecule has 0 saturated carbocycles. The summed E-state index contributed by atoms with van der Waals surface area (Å²) in [7, 11) is 0. The molecule has 144 valence electrons. The third-order valence-electron chi connectivity index (χ3n) is 5.24. The fourth-order valence-corrected chi connectivity index (χ4v) is 3.76. The zero-order valence-electron chi connectivity index (χ0n) is 16.0. The van der Waals surface area contributed by atoms with Crippen molar-refractivity contribution in [1.82, 2.24) is 19.3 Å². The van der Waals surface area contributed by atoms with Crippen molar-refractivity contribution >= 4 is 11.6 Å². The van der Waals surface area contributed by atoms with Crippen LogP contribution in [0.5, 0.6) is 0 Å². The first-order valence-corrected chi connectivity index (χ1v) is 9.85. The molecule has 29 heavy (non-hydrogen) atoms. The number of rotatable bonds is 4. The summed E-state index contributed by atoms with van der Waals surface area (Å²) in [5.41, 5.74) is 4.03. The molecule has 1 aliphatic rings. The van der Waals surface area contributed by atoms with Gasteiger partial charge in [0.25, 0.3) is 5.91 Å². The van der Waals surface area contributed by atoms with E-state index in [0.717, 1.165) is 41.4 Å². The van der Waals surface area contributed by atoms with Gasteiger partial charge in [-0.1, -0.05) is 24.3 Å². The highest BCUT2D eigenvalue weighted by molar-refractivity contribution is 6.06. The Labute approximate surface area is 168 Å². The van der Waals surface area contributed by atoms with E-state index in [2.05, 4.69) is 21.2 Å². The molecule has 3 heterocycles. The fourth-order valence-electron chi connectivity index (χ4n) is 3.76. The van der Waals surface area contributed by atoms with E-state index in [4.69, 9.17) is 4.98 Å². The van der Waals surface area contributed by atoms with Gasteiger partial charge >= 0.3 is 0 Å². The van der Waals surface area contributed by atoms with Crippen LogP contribution in [-0.2, 0) is 13.0 Å². The summed E-state index contributed by atoms with van der Waals surface area (Å²) >= 11 is 0. The standard InChI is InChI=1S/C23H21N5O/c29-23(17-7-5-8-18(15-17)28-14-6-12-24-28)26-20-10-2-1-9-19(20)21-16-27-13-4-3-11-22(27)25-21/h1-2,5-10,12,14-16H,3-4,11,13H2,(H,26,29). The van der Waals surface area contributed by atoms with Crippen LogP contribution in [0, 0.1) is 0 Å². The van der Waals surface area contributed by atoms with Crippen molar-refractivity contribution in [1.29, 1.82) is 0 Å². The highest BCUT2D eigenvalue weighted by Crippen LogP contribution is 2.29. The fraction of sp³-hybridized carbons (Fsp3) is 0.174. The van der Waals surface area contributed by atoms with Crippen LogP contribution in [-0.4, -0.2) is 25.2 Å². The first-order valence-electron chi connectivity index (χ1n) is 9.85.